The van der Waals surface area contributed by atoms with Gasteiger partial charge in [0.25, 0.3) is 0 Å². The molecule has 124 valence electrons. The van der Waals surface area contributed by atoms with E-state index in [0.717, 1.165) is 26.0 Å². The molecule has 1 aliphatic rings. The lowest BCUT2D eigenvalue weighted by molar-refractivity contribution is -0.138. The number of esters is 1. The first-order valence-corrected chi connectivity index (χ1v) is 7.18. The van der Waals surface area contributed by atoms with Crippen LogP contribution in [0.4, 0.5) is 13.2 Å². The molecule has 0 heterocycles. The summed E-state index contributed by atoms with van der Waals surface area (Å²) in [5.41, 5.74) is -1.78. The van der Waals surface area contributed by atoms with Crippen LogP contribution >= 0.6 is 0 Å². The highest BCUT2D eigenvalue weighted by Crippen LogP contribution is 2.23. The lowest BCUT2D eigenvalue weighted by atomic mass is 10.0. The molecule has 1 N–H and O–H groups in total. The normalized spacial score (nSPS) is 14.6. The average Bonchev–Trinajstić information content (AvgIpc) is 3.33. The Labute approximate surface area is 131 Å². The van der Waals surface area contributed by atoms with Crippen molar-refractivity contribution >= 4 is 11.8 Å². The van der Waals surface area contributed by atoms with Gasteiger partial charge in [-0.05, 0) is 32.8 Å². The number of carbonyl (C=O) groups is 2. The predicted molar refractivity (Wildman–Crippen MR) is 76.3 cm³/mol. The summed E-state index contributed by atoms with van der Waals surface area (Å²) in [6.45, 7) is 2.59. The fourth-order valence-electron chi connectivity index (χ4n) is 1.92. The van der Waals surface area contributed by atoms with Gasteiger partial charge in [0.2, 0.25) is 5.78 Å². The van der Waals surface area contributed by atoms with E-state index in [1.807, 2.05) is 0 Å². The van der Waals surface area contributed by atoms with Crippen molar-refractivity contribution in [3.63, 3.8) is 0 Å². The second kappa shape index (κ2) is 6.85. The van der Waals surface area contributed by atoms with Gasteiger partial charge in [0.05, 0.1) is 12.2 Å². The largest absolute Gasteiger partial charge is 0.462 e. The van der Waals surface area contributed by atoms with Gasteiger partial charge in [-0.25, -0.2) is 18.0 Å². The fourth-order valence-corrected chi connectivity index (χ4v) is 1.92. The van der Waals surface area contributed by atoms with Gasteiger partial charge in [0.1, 0.15) is 11.4 Å². The van der Waals surface area contributed by atoms with Crippen molar-refractivity contribution < 1.29 is 27.5 Å². The third-order valence-corrected chi connectivity index (χ3v) is 3.40. The first-order chi connectivity index (χ1) is 10.9. The number of benzene rings is 1. The number of halogens is 3. The number of ketones is 1. The lowest BCUT2D eigenvalue weighted by Crippen LogP contribution is -2.22. The number of hydrogen-bond acceptors (Lipinski definition) is 4. The van der Waals surface area contributed by atoms with Crippen LogP contribution in [0, 0.1) is 24.4 Å². The second-order valence-electron chi connectivity index (χ2n) is 5.21. The molecule has 0 spiro atoms. The minimum atomic E-state index is -1.36. The number of Topliss-reactive ketones (excluding diaryl/α,β-unsaturated/α-hetero) is 1. The molecule has 0 atom stereocenters. The van der Waals surface area contributed by atoms with E-state index in [4.69, 9.17) is 4.74 Å². The SMILES string of the molecule is CCOC(=O)C(=CNC1CC1)C(=O)c1cc(F)c(F)c(C)c1F. The maximum absolute atomic E-state index is 14.1. The molecule has 2 rings (SSSR count). The summed E-state index contributed by atoms with van der Waals surface area (Å²) in [5, 5.41) is 2.83. The standard InChI is InChI=1S/C16H16F3NO3/c1-3-23-16(22)11(7-20-9-4-5-9)15(21)10-6-12(17)14(19)8(2)13(10)18/h6-7,9,20H,3-5H2,1-2H3. The quantitative estimate of drug-likeness (QED) is 0.218. The van der Waals surface area contributed by atoms with E-state index >= 15 is 0 Å². The van der Waals surface area contributed by atoms with Crippen LogP contribution in [-0.4, -0.2) is 24.4 Å². The third kappa shape index (κ3) is 3.72. The summed E-state index contributed by atoms with van der Waals surface area (Å²) in [6, 6.07) is 0.591. The number of hydrogen-bond donors (Lipinski definition) is 1. The van der Waals surface area contributed by atoms with E-state index in [9.17, 15) is 22.8 Å². The van der Waals surface area contributed by atoms with Crippen LogP contribution in [0.15, 0.2) is 17.8 Å². The van der Waals surface area contributed by atoms with Gasteiger partial charge < -0.3 is 10.1 Å². The van der Waals surface area contributed by atoms with Crippen molar-refractivity contribution in [2.75, 3.05) is 6.61 Å². The summed E-state index contributed by atoms with van der Waals surface area (Å²) >= 11 is 0. The molecule has 4 nitrogen and oxygen atoms in total. The Morgan fingerprint density at radius 1 is 1.30 bits per heavy atom. The van der Waals surface area contributed by atoms with E-state index < -0.39 is 45.9 Å². The third-order valence-electron chi connectivity index (χ3n) is 3.40. The van der Waals surface area contributed by atoms with Gasteiger partial charge in [-0.1, -0.05) is 0 Å². The molecule has 1 saturated carbocycles. The highest BCUT2D eigenvalue weighted by molar-refractivity contribution is 6.24. The zero-order valence-electron chi connectivity index (χ0n) is 12.7. The zero-order valence-corrected chi connectivity index (χ0v) is 12.7. The highest BCUT2D eigenvalue weighted by atomic mass is 19.2. The summed E-state index contributed by atoms with van der Waals surface area (Å²) < 4.78 is 45.7. The minimum Gasteiger partial charge on any atom is -0.462 e. The molecular formula is C16H16F3NO3. The molecular weight excluding hydrogens is 311 g/mol. The van der Waals surface area contributed by atoms with Crippen LogP contribution in [0.1, 0.15) is 35.7 Å². The van der Waals surface area contributed by atoms with Gasteiger partial charge in [-0.3, -0.25) is 4.79 Å². The lowest BCUT2D eigenvalue weighted by Gasteiger charge is -2.10. The van der Waals surface area contributed by atoms with E-state index in [0.29, 0.717) is 6.07 Å². The Bertz CT molecular complexity index is 682. The van der Waals surface area contributed by atoms with Crippen LogP contribution in [0.2, 0.25) is 0 Å². The minimum absolute atomic E-state index is 0.0200. The molecule has 7 heteroatoms. The van der Waals surface area contributed by atoms with Crippen LogP contribution in [-0.2, 0) is 9.53 Å². The van der Waals surface area contributed by atoms with Crippen molar-refractivity contribution in [3.8, 4) is 0 Å². The first-order valence-electron chi connectivity index (χ1n) is 7.18. The molecule has 0 aromatic heterocycles. The molecule has 1 aromatic carbocycles. The van der Waals surface area contributed by atoms with E-state index in [1.54, 1.807) is 6.92 Å². The number of rotatable bonds is 6. The molecule has 0 aliphatic heterocycles. The molecule has 1 fully saturated rings. The van der Waals surface area contributed by atoms with Crippen molar-refractivity contribution in [2.45, 2.75) is 32.7 Å². The summed E-state index contributed by atoms with van der Waals surface area (Å²) in [6.07, 6.45) is 2.92. The maximum Gasteiger partial charge on any atom is 0.343 e. The average molecular weight is 327 g/mol. The van der Waals surface area contributed by atoms with Gasteiger partial charge in [0, 0.05) is 17.8 Å². The zero-order chi connectivity index (χ0) is 17.1. The second-order valence-corrected chi connectivity index (χ2v) is 5.21. The molecule has 23 heavy (non-hydrogen) atoms. The fraction of sp³-hybridized carbons (Fsp3) is 0.375. The Morgan fingerprint density at radius 2 is 1.96 bits per heavy atom. The highest BCUT2D eigenvalue weighted by Gasteiger charge is 2.28. The van der Waals surface area contributed by atoms with Crippen molar-refractivity contribution in [1.82, 2.24) is 5.32 Å². The van der Waals surface area contributed by atoms with Crippen LogP contribution in [0.3, 0.4) is 0 Å². The smallest absolute Gasteiger partial charge is 0.343 e. The van der Waals surface area contributed by atoms with Crippen molar-refractivity contribution in [2.24, 2.45) is 0 Å². The maximum atomic E-state index is 14.1. The molecule has 0 radical (unpaired) electrons. The summed E-state index contributed by atoms with van der Waals surface area (Å²) in [7, 11) is 0. The molecule has 0 saturated heterocycles. The van der Waals surface area contributed by atoms with E-state index in [2.05, 4.69) is 5.32 Å². The molecule has 1 aliphatic carbocycles. The van der Waals surface area contributed by atoms with Crippen molar-refractivity contribution in [3.05, 3.63) is 46.4 Å². The molecule has 0 bridgehead atoms. The van der Waals surface area contributed by atoms with Gasteiger partial charge >= 0.3 is 5.97 Å². The monoisotopic (exact) mass is 327 g/mol. The molecule has 0 amide bonds. The van der Waals surface area contributed by atoms with E-state index in [1.165, 1.54) is 0 Å². The van der Waals surface area contributed by atoms with Crippen LogP contribution < -0.4 is 5.32 Å². The topological polar surface area (TPSA) is 55.4 Å². The van der Waals surface area contributed by atoms with Gasteiger partial charge in [0.15, 0.2) is 11.6 Å². The van der Waals surface area contributed by atoms with Crippen LogP contribution in [0.5, 0.6) is 0 Å². The molecule has 1 aromatic rings. The molecule has 0 unspecified atom stereocenters. The Hall–Kier alpha value is -2.31. The van der Waals surface area contributed by atoms with Crippen molar-refractivity contribution in [1.29, 1.82) is 0 Å². The number of ether oxygens (including phenoxy) is 1. The Morgan fingerprint density at radius 3 is 2.52 bits per heavy atom. The summed E-state index contributed by atoms with van der Waals surface area (Å²) in [5.74, 6) is -5.93. The Balaban J connectivity index is 2.40. The number of carbonyl (C=O) groups excluding carboxylic acids is 2. The van der Waals surface area contributed by atoms with Gasteiger partial charge in [-0.2, -0.15) is 0 Å². The van der Waals surface area contributed by atoms with E-state index in [-0.39, 0.29) is 12.6 Å². The number of nitrogens with one attached hydrogen (secondary N) is 1. The summed E-state index contributed by atoms with van der Waals surface area (Å²) in [4.78, 5) is 24.3. The Kier molecular flexibility index (Phi) is 5.08. The predicted octanol–water partition coefficient (Wildman–Crippen LogP) is 2.79. The van der Waals surface area contributed by atoms with Crippen LogP contribution in [0.25, 0.3) is 0 Å². The van der Waals surface area contributed by atoms with Gasteiger partial charge in [-0.15, -0.1) is 0 Å². The first kappa shape index (κ1) is 17.1.